The van der Waals surface area contributed by atoms with Gasteiger partial charge in [-0.1, -0.05) is 33.6 Å². The monoisotopic (exact) mass is 270 g/mol. The Labute approximate surface area is 95.9 Å². The molecule has 0 fully saturated rings. The van der Waals surface area contributed by atoms with Gasteiger partial charge in [0.2, 0.25) is 0 Å². The molecule has 0 aromatic heterocycles. The van der Waals surface area contributed by atoms with Crippen molar-refractivity contribution in [2.45, 2.75) is 12.8 Å². The van der Waals surface area contributed by atoms with E-state index in [1.165, 1.54) is 11.1 Å². The molecule has 0 amide bonds. The quantitative estimate of drug-likeness (QED) is 0.717. The van der Waals surface area contributed by atoms with E-state index in [0.29, 0.717) is 23.4 Å². The molecule has 1 nitrogen and oxygen atoms in total. The molecule has 0 atom stereocenters. The number of aldehydes is 1. The highest BCUT2D eigenvalue weighted by atomic mass is 79.9. The van der Waals surface area contributed by atoms with Gasteiger partial charge in [0, 0.05) is 27.9 Å². The number of carbonyl (C=O) groups is 1. The largest absolute Gasteiger partial charge is 0.298 e. The van der Waals surface area contributed by atoms with Gasteiger partial charge >= 0.3 is 0 Å². The van der Waals surface area contributed by atoms with E-state index in [4.69, 9.17) is 11.6 Å². The maximum Gasteiger partial charge on any atom is 0.147 e. The van der Waals surface area contributed by atoms with Gasteiger partial charge in [-0.3, -0.25) is 4.79 Å². The van der Waals surface area contributed by atoms with Crippen molar-refractivity contribution in [3.63, 3.8) is 0 Å². The third-order valence-electron chi connectivity index (χ3n) is 2.39. The summed E-state index contributed by atoms with van der Waals surface area (Å²) in [6, 6.07) is 6.08. The molecule has 2 rings (SSSR count). The minimum atomic E-state index is 0.658. The van der Waals surface area contributed by atoms with Crippen LogP contribution in [0.25, 0.3) is 0 Å². The highest BCUT2D eigenvalue weighted by Gasteiger charge is 2.16. The van der Waals surface area contributed by atoms with Crippen molar-refractivity contribution >= 4 is 33.8 Å². The van der Waals surface area contributed by atoms with Crippen LogP contribution in [-0.2, 0) is 17.6 Å². The lowest BCUT2D eigenvalue weighted by Gasteiger charge is -2.16. The molecule has 0 saturated heterocycles. The predicted molar refractivity (Wildman–Crippen MR) is 60.5 cm³/mol. The Morgan fingerprint density at radius 3 is 2.79 bits per heavy atom. The summed E-state index contributed by atoms with van der Waals surface area (Å²) < 4.78 is 1.05. The van der Waals surface area contributed by atoms with Crippen LogP contribution in [0.2, 0.25) is 0 Å². The Morgan fingerprint density at radius 2 is 2.07 bits per heavy atom. The molecule has 0 radical (unpaired) electrons. The molecular weight excluding hydrogens is 263 g/mol. The molecular formula is C11H8BrClO. The maximum absolute atomic E-state index is 10.7. The van der Waals surface area contributed by atoms with Gasteiger partial charge in [0.15, 0.2) is 0 Å². The molecule has 72 valence electrons. The van der Waals surface area contributed by atoms with Crippen molar-refractivity contribution in [2.75, 3.05) is 0 Å². The van der Waals surface area contributed by atoms with E-state index in [1.807, 2.05) is 12.1 Å². The van der Waals surface area contributed by atoms with Crippen LogP contribution in [0.5, 0.6) is 0 Å². The Hall–Kier alpha value is -0.600. The molecule has 1 aromatic carbocycles. The number of hydrogen-bond donors (Lipinski definition) is 0. The minimum absolute atomic E-state index is 0.658. The second kappa shape index (κ2) is 3.87. The third kappa shape index (κ3) is 1.77. The molecule has 0 aliphatic heterocycles. The van der Waals surface area contributed by atoms with Gasteiger partial charge in [0.25, 0.3) is 0 Å². The first-order chi connectivity index (χ1) is 6.70. The van der Waals surface area contributed by atoms with Gasteiger partial charge in [-0.15, -0.1) is 0 Å². The fourth-order valence-corrected chi connectivity index (χ4v) is 2.28. The van der Waals surface area contributed by atoms with Crippen LogP contribution < -0.4 is 0 Å². The molecule has 0 N–H and O–H groups in total. The number of allylic oxidation sites excluding steroid dienone is 2. The van der Waals surface area contributed by atoms with Gasteiger partial charge in [-0.25, -0.2) is 0 Å². The molecule has 0 unspecified atom stereocenters. The van der Waals surface area contributed by atoms with E-state index in [-0.39, 0.29) is 0 Å². The number of benzene rings is 1. The second-order valence-electron chi connectivity index (χ2n) is 3.31. The molecule has 14 heavy (non-hydrogen) atoms. The fraction of sp³-hybridized carbons (Fsp3) is 0.182. The second-order valence-corrected chi connectivity index (χ2v) is 4.69. The van der Waals surface area contributed by atoms with Crippen LogP contribution in [0.3, 0.4) is 0 Å². The summed E-state index contributed by atoms with van der Waals surface area (Å²) in [6.07, 6.45) is 2.18. The van der Waals surface area contributed by atoms with Gasteiger partial charge in [0.1, 0.15) is 6.29 Å². The minimum Gasteiger partial charge on any atom is -0.298 e. The summed E-state index contributed by atoms with van der Waals surface area (Å²) in [7, 11) is 0. The standard InChI is InChI=1S/C11H8BrClO/c12-10-2-1-7-3-9(6-14)11(13)5-8(7)4-10/h1-2,4,6H,3,5H2. The first kappa shape index (κ1) is 9.94. The average Bonchev–Trinajstić information content (AvgIpc) is 2.16. The number of hydrogen-bond acceptors (Lipinski definition) is 1. The van der Waals surface area contributed by atoms with E-state index >= 15 is 0 Å². The maximum atomic E-state index is 10.7. The Morgan fingerprint density at radius 1 is 1.29 bits per heavy atom. The highest BCUT2D eigenvalue weighted by Crippen LogP contribution is 2.29. The first-order valence-corrected chi connectivity index (χ1v) is 5.48. The fourth-order valence-electron chi connectivity index (χ4n) is 1.62. The Kier molecular flexibility index (Phi) is 2.75. The summed E-state index contributed by atoms with van der Waals surface area (Å²) in [5.41, 5.74) is 3.11. The van der Waals surface area contributed by atoms with E-state index in [2.05, 4.69) is 22.0 Å². The van der Waals surface area contributed by atoms with Crippen molar-refractivity contribution in [2.24, 2.45) is 0 Å². The zero-order chi connectivity index (χ0) is 10.1. The number of rotatable bonds is 1. The molecule has 1 aliphatic rings. The zero-order valence-electron chi connectivity index (χ0n) is 7.39. The molecule has 0 bridgehead atoms. The number of carbonyl (C=O) groups excluding carboxylic acids is 1. The highest BCUT2D eigenvalue weighted by molar-refractivity contribution is 9.10. The van der Waals surface area contributed by atoms with E-state index in [0.717, 1.165) is 10.8 Å². The molecule has 0 heterocycles. The van der Waals surface area contributed by atoms with Crippen LogP contribution in [-0.4, -0.2) is 6.29 Å². The Balaban J connectivity index is 2.43. The van der Waals surface area contributed by atoms with Gasteiger partial charge < -0.3 is 0 Å². The van der Waals surface area contributed by atoms with Crippen molar-refractivity contribution < 1.29 is 4.79 Å². The predicted octanol–water partition coefficient (Wildman–Crippen LogP) is 3.24. The van der Waals surface area contributed by atoms with Crippen LogP contribution in [0.4, 0.5) is 0 Å². The van der Waals surface area contributed by atoms with E-state index in [1.54, 1.807) is 0 Å². The van der Waals surface area contributed by atoms with Crippen molar-refractivity contribution in [3.8, 4) is 0 Å². The molecule has 0 spiro atoms. The molecule has 0 saturated carbocycles. The lowest BCUT2D eigenvalue weighted by atomic mass is 9.92. The lowest BCUT2D eigenvalue weighted by molar-refractivity contribution is -0.105. The van der Waals surface area contributed by atoms with Crippen LogP contribution in [0.15, 0.2) is 33.3 Å². The number of halogens is 2. The smallest absolute Gasteiger partial charge is 0.147 e. The molecule has 1 aliphatic carbocycles. The van der Waals surface area contributed by atoms with Crippen molar-refractivity contribution in [3.05, 3.63) is 44.4 Å². The van der Waals surface area contributed by atoms with E-state index in [9.17, 15) is 4.79 Å². The zero-order valence-corrected chi connectivity index (χ0v) is 9.73. The van der Waals surface area contributed by atoms with Crippen LogP contribution in [0, 0.1) is 0 Å². The normalized spacial score (nSPS) is 15.3. The van der Waals surface area contributed by atoms with E-state index < -0.39 is 0 Å². The van der Waals surface area contributed by atoms with Gasteiger partial charge in [0.05, 0.1) is 0 Å². The summed E-state index contributed by atoms with van der Waals surface area (Å²) in [5.74, 6) is 0. The van der Waals surface area contributed by atoms with Gasteiger partial charge in [-0.2, -0.15) is 0 Å². The average molecular weight is 272 g/mol. The van der Waals surface area contributed by atoms with Gasteiger partial charge in [-0.05, 0) is 23.3 Å². The van der Waals surface area contributed by atoms with Crippen LogP contribution >= 0.6 is 27.5 Å². The topological polar surface area (TPSA) is 17.1 Å². The third-order valence-corrected chi connectivity index (χ3v) is 3.26. The lowest BCUT2D eigenvalue weighted by Crippen LogP contribution is -2.07. The van der Waals surface area contributed by atoms with Crippen molar-refractivity contribution in [1.29, 1.82) is 0 Å². The molecule has 1 aromatic rings. The first-order valence-electron chi connectivity index (χ1n) is 4.30. The Bertz CT molecular complexity index is 423. The summed E-state index contributed by atoms with van der Waals surface area (Å²) >= 11 is 9.41. The molecule has 3 heteroatoms. The summed E-state index contributed by atoms with van der Waals surface area (Å²) in [5, 5.41) is 0.672. The SMILES string of the molecule is O=CC1=C(Cl)Cc2cc(Br)ccc2C1. The van der Waals surface area contributed by atoms with Crippen molar-refractivity contribution in [1.82, 2.24) is 0 Å². The summed E-state index contributed by atoms with van der Waals surface area (Å²) in [6.45, 7) is 0. The summed E-state index contributed by atoms with van der Waals surface area (Å²) in [4.78, 5) is 10.7. The number of fused-ring (bicyclic) bond motifs is 1. The van der Waals surface area contributed by atoms with Crippen LogP contribution in [0.1, 0.15) is 11.1 Å².